The molecule has 0 saturated heterocycles. The van der Waals surface area contributed by atoms with Crippen molar-refractivity contribution in [2.75, 3.05) is 13.2 Å². The van der Waals surface area contributed by atoms with Crippen LogP contribution in [0, 0.1) is 0 Å². The van der Waals surface area contributed by atoms with Crippen LogP contribution in [0.2, 0.25) is 0 Å². The fourth-order valence-corrected chi connectivity index (χ4v) is 2.45. The van der Waals surface area contributed by atoms with Gasteiger partial charge in [-0.2, -0.15) is 0 Å². The number of hydrogen-bond donors (Lipinski definition) is 0. The standard InChI is InChI=1S/2C12H14O4.Cu/c2*1-2-3-8-16-12(15)10-7-5-4-6-9(10)11(13)14;/h2*4-7H,2-3,8H2,1H3,(H,13,14);/p-2. The Bertz CT molecular complexity index is 851. The van der Waals surface area contributed by atoms with Crippen molar-refractivity contribution < 1.29 is 55.9 Å². The number of benzene rings is 2. The molecule has 33 heavy (non-hydrogen) atoms. The van der Waals surface area contributed by atoms with Crippen molar-refractivity contribution in [1.29, 1.82) is 0 Å². The number of unbranched alkanes of at least 4 members (excludes halogenated alkanes) is 2. The predicted octanol–water partition coefficient (Wildman–Crippen LogP) is 2.01. The van der Waals surface area contributed by atoms with Crippen molar-refractivity contribution in [2.24, 2.45) is 0 Å². The van der Waals surface area contributed by atoms with Gasteiger partial charge >= 0.3 is 11.9 Å². The van der Waals surface area contributed by atoms with Crippen LogP contribution in [0.1, 0.15) is 81.0 Å². The van der Waals surface area contributed by atoms with Crippen LogP contribution in [0.25, 0.3) is 0 Å². The summed E-state index contributed by atoms with van der Waals surface area (Å²) in [7, 11) is 0. The Morgan fingerprint density at radius 2 is 0.939 bits per heavy atom. The first kappa shape index (κ1) is 29.8. The number of hydrogen-bond acceptors (Lipinski definition) is 8. The normalized spacial score (nSPS) is 9.52. The van der Waals surface area contributed by atoms with Gasteiger partial charge in [0.2, 0.25) is 0 Å². The molecule has 2 aromatic carbocycles. The molecule has 0 aromatic heterocycles. The van der Waals surface area contributed by atoms with Gasteiger partial charge in [-0.15, -0.1) is 0 Å². The molecular formula is C24H26CuO8-2. The molecule has 8 nitrogen and oxygen atoms in total. The van der Waals surface area contributed by atoms with Crippen molar-refractivity contribution >= 4 is 23.9 Å². The predicted molar refractivity (Wildman–Crippen MR) is 112 cm³/mol. The van der Waals surface area contributed by atoms with Crippen LogP contribution in [0.4, 0.5) is 0 Å². The zero-order chi connectivity index (χ0) is 23.9. The molecule has 0 aliphatic heterocycles. The Hall–Kier alpha value is -3.16. The third kappa shape index (κ3) is 10.3. The Morgan fingerprint density at radius 3 is 1.21 bits per heavy atom. The largest absolute Gasteiger partial charge is 0.545 e. The molecule has 0 heterocycles. The van der Waals surface area contributed by atoms with Crippen LogP contribution in [0.3, 0.4) is 0 Å². The third-order valence-corrected chi connectivity index (χ3v) is 4.20. The van der Waals surface area contributed by atoms with E-state index in [4.69, 9.17) is 9.47 Å². The summed E-state index contributed by atoms with van der Waals surface area (Å²) in [5, 5.41) is 21.5. The van der Waals surface area contributed by atoms with Gasteiger partial charge in [0.25, 0.3) is 0 Å². The van der Waals surface area contributed by atoms with E-state index in [9.17, 15) is 29.4 Å². The molecule has 0 aliphatic carbocycles. The van der Waals surface area contributed by atoms with E-state index in [-0.39, 0.29) is 39.3 Å². The van der Waals surface area contributed by atoms with Crippen LogP contribution in [-0.2, 0) is 26.5 Å². The fraction of sp³-hybridized carbons (Fsp3) is 0.333. The monoisotopic (exact) mass is 505 g/mol. The Labute approximate surface area is 203 Å². The second kappa shape index (κ2) is 16.5. The quantitative estimate of drug-likeness (QED) is 0.272. The van der Waals surface area contributed by atoms with Crippen LogP contribution < -0.4 is 10.2 Å². The maximum Gasteiger partial charge on any atom is 0.338 e. The van der Waals surface area contributed by atoms with E-state index < -0.39 is 23.9 Å². The van der Waals surface area contributed by atoms with Crippen LogP contribution in [0.15, 0.2) is 48.5 Å². The molecule has 0 bridgehead atoms. The number of carbonyl (C=O) groups excluding carboxylic acids is 4. The van der Waals surface area contributed by atoms with E-state index in [0.717, 1.165) is 25.7 Å². The Kier molecular flexibility index (Phi) is 14.9. The maximum atomic E-state index is 11.5. The number of ether oxygens (including phenoxy) is 2. The second-order valence-corrected chi connectivity index (χ2v) is 6.65. The summed E-state index contributed by atoms with van der Waals surface area (Å²) in [6.45, 7) is 4.55. The molecule has 0 amide bonds. The van der Waals surface area contributed by atoms with Gasteiger partial charge in [0, 0.05) is 28.2 Å². The molecule has 0 unspecified atom stereocenters. The van der Waals surface area contributed by atoms with Gasteiger partial charge in [-0.3, -0.25) is 0 Å². The van der Waals surface area contributed by atoms with E-state index in [1.165, 1.54) is 36.4 Å². The molecule has 2 aromatic rings. The van der Waals surface area contributed by atoms with Crippen LogP contribution in [0.5, 0.6) is 0 Å². The third-order valence-electron chi connectivity index (χ3n) is 4.20. The molecule has 2 rings (SSSR count). The molecule has 0 fully saturated rings. The summed E-state index contributed by atoms with van der Waals surface area (Å²) in [6, 6.07) is 11.7. The molecule has 0 atom stereocenters. The van der Waals surface area contributed by atoms with E-state index in [1.54, 1.807) is 12.1 Å². The van der Waals surface area contributed by atoms with Crippen LogP contribution in [-0.4, -0.2) is 37.1 Å². The van der Waals surface area contributed by atoms with Crippen LogP contribution >= 0.6 is 0 Å². The number of carboxylic acids is 2. The van der Waals surface area contributed by atoms with Crippen molar-refractivity contribution in [3.8, 4) is 0 Å². The number of aromatic carboxylic acids is 2. The van der Waals surface area contributed by atoms with Gasteiger partial charge in [-0.25, -0.2) is 9.59 Å². The molecule has 1 radical (unpaired) electrons. The molecule has 9 heteroatoms. The molecule has 0 N–H and O–H groups in total. The number of carbonyl (C=O) groups is 4. The van der Waals surface area contributed by atoms with Gasteiger partial charge in [-0.05, 0) is 25.0 Å². The van der Waals surface area contributed by atoms with E-state index >= 15 is 0 Å². The molecule has 183 valence electrons. The van der Waals surface area contributed by atoms with Crippen molar-refractivity contribution in [1.82, 2.24) is 0 Å². The smallest absolute Gasteiger partial charge is 0.338 e. The Morgan fingerprint density at radius 1 is 0.636 bits per heavy atom. The van der Waals surface area contributed by atoms with Crippen molar-refractivity contribution in [2.45, 2.75) is 39.5 Å². The van der Waals surface area contributed by atoms with Gasteiger partial charge in [-0.1, -0.05) is 63.1 Å². The molecule has 0 aliphatic rings. The maximum absolute atomic E-state index is 11.5. The van der Waals surface area contributed by atoms with Crippen molar-refractivity contribution in [3.05, 3.63) is 70.8 Å². The van der Waals surface area contributed by atoms with E-state index in [1.807, 2.05) is 13.8 Å². The Balaban J connectivity index is 0.000000602. The summed E-state index contributed by atoms with van der Waals surface area (Å²) in [5.41, 5.74) is -0.190. The summed E-state index contributed by atoms with van der Waals surface area (Å²) in [5.74, 6) is -3.98. The van der Waals surface area contributed by atoms with E-state index in [2.05, 4.69) is 0 Å². The first-order valence-electron chi connectivity index (χ1n) is 10.3. The zero-order valence-corrected chi connectivity index (χ0v) is 19.4. The number of esters is 2. The topological polar surface area (TPSA) is 133 Å². The first-order chi connectivity index (χ1) is 15.3. The van der Waals surface area contributed by atoms with Gasteiger partial charge in [0.1, 0.15) is 0 Å². The summed E-state index contributed by atoms with van der Waals surface area (Å²) in [4.78, 5) is 44.5. The number of rotatable bonds is 10. The number of carboxylic acid groups (broad SMARTS) is 2. The zero-order valence-electron chi connectivity index (χ0n) is 18.4. The minimum Gasteiger partial charge on any atom is -0.545 e. The summed E-state index contributed by atoms with van der Waals surface area (Å²) in [6.07, 6.45) is 3.35. The first-order valence-corrected chi connectivity index (χ1v) is 10.3. The SMILES string of the molecule is CCCCOC(=O)c1ccccc1C(=O)[O-].CCCCOC(=O)c1ccccc1C(=O)[O-].[Cu]. The average Bonchev–Trinajstić information content (AvgIpc) is 2.79. The summed E-state index contributed by atoms with van der Waals surface area (Å²) < 4.78 is 9.86. The summed E-state index contributed by atoms with van der Waals surface area (Å²) >= 11 is 0. The minimum atomic E-state index is -1.37. The average molecular weight is 506 g/mol. The van der Waals surface area contributed by atoms with Gasteiger partial charge in [0.05, 0.1) is 36.3 Å². The minimum absolute atomic E-state index is 0. The second-order valence-electron chi connectivity index (χ2n) is 6.65. The fourth-order valence-electron chi connectivity index (χ4n) is 2.45. The van der Waals surface area contributed by atoms with Crippen molar-refractivity contribution in [3.63, 3.8) is 0 Å². The van der Waals surface area contributed by atoms with E-state index in [0.29, 0.717) is 13.2 Å². The molecular weight excluding hydrogens is 480 g/mol. The van der Waals surface area contributed by atoms with Gasteiger partial charge < -0.3 is 29.3 Å². The van der Waals surface area contributed by atoms with Gasteiger partial charge in [0.15, 0.2) is 0 Å². The molecule has 0 spiro atoms. The molecule has 0 saturated carbocycles.